The van der Waals surface area contributed by atoms with E-state index in [0.29, 0.717) is 0 Å². The summed E-state index contributed by atoms with van der Waals surface area (Å²) >= 11 is 0. The Morgan fingerprint density at radius 1 is 1.50 bits per heavy atom. The Morgan fingerprint density at radius 2 is 2.10 bits per heavy atom. The van der Waals surface area contributed by atoms with Gasteiger partial charge in [0.25, 0.3) is 10.2 Å². The van der Waals surface area contributed by atoms with E-state index in [4.69, 9.17) is 5.14 Å². The molecule has 6 heteroatoms. The van der Waals surface area contributed by atoms with E-state index >= 15 is 0 Å². The SMILES string of the molecule is NS(=O)(=O)N1CCC(=O)C1. The van der Waals surface area contributed by atoms with Crippen molar-refractivity contribution in [1.82, 2.24) is 4.31 Å². The lowest BCUT2D eigenvalue weighted by atomic mass is 10.4. The summed E-state index contributed by atoms with van der Waals surface area (Å²) in [7, 11) is -3.62. The number of ketones is 1. The smallest absolute Gasteiger partial charge is 0.277 e. The zero-order valence-electron chi connectivity index (χ0n) is 5.28. The Labute approximate surface area is 59.0 Å². The fourth-order valence-corrected chi connectivity index (χ4v) is 1.49. The Hall–Kier alpha value is -0.460. The van der Waals surface area contributed by atoms with Crippen LogP contribution in [-0.4, -0.2) is 31.6 Å². The van der Waals surface area contributed by atoms with Crippen molar-refractivity contribution in [3.63, 3.8) is 0 Å². The van der Waals surface area contributed by atoms with E-state index in [1.807, 2.05) is 0 Å². The van der Waals surface area contributed by atoms with Crippen molar-refractivity contribution < 1.29 is 13.2 Å². The van der Waals surface area contributed by atoms with Gasteiger partial charge in [0.05, 0.1) is 6.54 Å². The van der Waals surface area contributed by atoms with Gasteiger partial charge in [0.15, 0.2) is 0 Å². The van der Waals surface area contributed by atoms with Crippen LogP contribution in [0.2, 0.25) is 0 Å². The van der Waals surface area contributed by atoms with Gasteiger partial charge in [-0.1, -0.05) is 0 Å². The Bertz CT molecular complexity index is 245. The van der Waals surface area contributed by atoms with Crippen molar-refractivity contribution in [3.05, 3.63) is 0 Å². The molecule has 1 fully saturated rings. The third-order valence-electron chi connectivity index (χ3n) is 1.35. The molecule has 58 valence electrons. The minimum atomic E-state index is -3.62. The first kappa shape index (κ1) is 7.64. The van der Waals surface area contributed by atoms with Crippen LogP contribution in [-0.2, 0) is 15.0 Å². The molecule has 1 saturated heterocycles. The zero-order valence-corrected chi connectivity index (χ0v) is 6.10. The first-order valence-electron chi connectivity index (χ1n) is 2.80. The molecule has 0 aliphatic carbocycles. The van der Waals surface area contributed by atoms with E-state index in [-0.39, 0.29) is 25.3 Å². The lowest BCUT2D eigenvalue weighted by Crippen LogP contribution is -2.34. The summed E-state index contributed by atoms with van der Waals surface area (Å²) in [4.78, 5) is 10.5. The van der Waals surface area contributed by atoms with Crippen molar-refractivity contribution in [3.8, 4) is 0 Å². The van der Waals surface area contributed by atoms with Crippen LogP contribution in [0, 0.1) is 0 Å². The third-order valence-corrected chi connectivity index (χ3v) is 2.38. The monoisotopic (exact) mass is 164 g/mol. The average Bonchev–Trinajstić information content (AvgIpc) is 2.11. The fraction of sp³-hybridized carbons (Fsp3) is 0.750. The number of carbonyl (C=O) groups is 1. The van der Waals surface area contributed by atoms with Crippen LogP contribution in [0.3, 0.4) is 0 Å². The maximum atomic E-state index is 10.5. The second-order valence-corrected chi connectivity index (χ2v) is 3.71. The van der Waals surface area contributed by atoms with Gasteiger partial charge < -0.3 is 0 Å². The van der Waals surface area contributed by atoms with Gasteiger partial charge in [-0.25, -0.2) is 5.14 Å². The van der Waals surface area contributed by atoms with Crippen LogP contribution < -0.4 is 5.14 Å². The van der Waals surface area contributed by atoms with Crippen LogP contribution in [0.25, 0.3) is 0 Å². The minimum absolute atomic E-state index is 0.0567. The van der Waals surface area contributed by atoms with Gasteiger partial charge in [0, 0.05) is 13.0 Å². The standard InChI is InChI=1S/C4H8N2O3S/c5-10(8,9)6-2-1-4(7)3-6/h1-3H2,(H2,5,8,9). The van der Waals surface area contributed by atoms with Crippen molar-refractivity contribution in [1.29, 1.82) is 0 Å². The molecule has 0 atom stereocenters. The van der Waals surface area contributed by atoms with Crippen LogP contribution >= 0.6 is 0 Å². The highest BCUT2D eigenvalue weighted by Gasteiger charge is 2.26. The molecule has 1 aliphatic heterocycles. The molecule has 0 radical (unpaired) electrons. The summed E-state index contributed by atoms with van der Waals surface area (Å²) in [5, 5.41) is 4.75. The highest BCUT2D eigenvalue weighted by atomic mass is 32.2. The van der Waals surface area contributed by atoms with Gasteiger partial charge in [0.1, 0.15) is 5.78 Å². The number of rotatable bonds is 1. The van der Waals surface area contributed by atoms with Gasteiger partial charge in [-0.05, 0) is 0 Å². The lowest BCUT2D eigenvalue weighted by Gasteiger charge is -2.07. The normalized spacial score (nSPS) is 21.9. The topological polar surface area (TPSA) is 80.5 Å². The zero-order chi connectivity index (χ0) is 7.78. The van der Waals surface area contributed by atoms with Crippen molar-refractivity contribution in [2.45, 2.75) is 6.42 Å². The van der Waals surface area contributed by atoms with Crippen LogP contribution in [0.15, 0.2) is 0 Å². The number of nitrogens with zero attached hydrogens (tertiary/aromatic N) is 1. The van der Waals surface area contributed by atoms with Crippen LogP contribution in [0.1, 0.15) is 6.42 Å². The summed E-state index contributed by atoms with van der Waals surface area (Å²) in [6, 6.07) is 0. The molecule has 0 bridgehead atoms. The molecule has 5 nitrogen and oxygen atoms in total. The molecule has 2 N–H and O–H groups in total. The molecular formula is C4H8N2O3S. The maximum Gasteiger partial charge on any atom is 0.277 e. The van der Waals surface area contributed by atoms with Crippen LogP contribution in [0.4, 0.5) is 0 Å². The summed E-state index contributed by atoms with van der Waals surface area (Å²) in [6.45, 7) is 0.177. The quantitative estimate of drug-likeness (QED) is 0.510. The van der Waals surface area contributed by atoms with Gasteiger partial charge in [0.2, 0.25) is 0 Å². The second kappa shape index (κ2) is 2.30. The number of hydrogen-bond acceptors (Lipinski definition) is 3. The van der Waals surface area contributed by atoms with Crippen LogP contribution in [0.5, 0.6) is 0 Å². The number of carbonyl (C=O) groups excluding carboxylic acids is 1. The Morgan fingerprint density at radius 3 is 2.30 bits per heavy atom. The molecule has 0 aromatic rings. The molecule has 0 unspecified atom stereocenters. The molecule has 10 heavy (non-hydrogen) atoms. The van der Waals surface area contributed by atoms with Crippen molar-refractivity contribution in [2.75, 3.05) is 13.1 Å². The lowest BCUT2D eigenvalue weighted by molar-refractivity contribution is -0.116. The minimum Gasteiger partial charge on any atom is -0.298 e. The molecule has 0 aromatic carbocycles. The highest BCUT2D eigenvalue weighted by Crippen LogP contribution is 2.05. The summed E-state index contributed by atoms with van der Waals surface area (Å²) in [6.07, 6.45) is 0.288. The second-order valence-electron chi connectivity index (χ2n) is 2.17. The number of Topliss-reactive ketones (excluding diaryl/α,β-unsaturated/α-hetero) is 1. The summed E-state index contributed by atoms with van der Waals surface area (Å²) < 4.78 is 22.0. The number of hydrogen-bond donors (Lipinski definition) is 1. The molecule has 0 aromatic heterocycles. The van der Waals surface area contributed by atoms with Gasteiger partial charge in [-0.2, -0.15) is 12.7 Å². The van der Waals surface area contributed by atoms with E-state index in [1.165, 1.54) is 0 Å². The highest BCUT2D eigenvalue weighted by molar-refractivity contribution is 7.86. The molecule has 1 heterocycles. The molecule has 0 spiro atoms. The van der Waals surface area contributed by atoms with Gasteiger partial charge >= 0.3 is 0 Å². The first-order chi connectivity index (χ1) is 4.50. The van der Waals surface area contributed by atoms with Gasteiger partial charge in [-0.15, -0.1) is 0 Å². The predicted molar refractivity (Wildman–Crippen MR) is 34.3 cm³/mol. The molecular weight excluding hydrogens is 156 g/mol. The Balaban J connectivity index is 2.71. The molecule has 1 rings (SSSR count). The molecule has 0 amide bonds. The largest absolute Gasteiger partial charge is 0.298 e. The maximum absolute atomic E-state index is 10.5. The van der Waals surface area contributed by atoms with E-state index < -0.39 is 10.2 Å². The first-order valence-corrected chi connectivity index (χ1v) is 4.30. The molecule has 0 saturated carbocycles. The van der Waals surface area contributed by atoms with E-state index in [1.54, 1.807) is 0 Å². The predicted octanol–water partition coefficient (Wildman–Crippen LogP) is -1.54. The molecule has 1 aliphatic rings. The van der Waals surface area contributed by atoms with Crippen molar-refractivity contribution in [2.24, 2.45) is 5.14 Å². The van der Waals surface area contributed by atoms with E-state index in [2.05, 4.69) is 0 Å². The van der Waals surface area contributed by atoms with Gasteiger partial charge in [-0.3, -0.25) is 4.79 Å². The summed E-state index contributed by atoms with van der Waals surface area (Å²) in [5.74, 6) is -0.0750. The average molecular weight is 164 g/mol. The third kappa shape index (κ3) is 1.53. The fourth-order valence-electron chi connectivity index (χ4n) is 0.821. The van der Waals surface area contributed by atoms with E-state index in [9.17, 15) is 13.2 Å². The van der Waals surface area contributed by atoms with Crippen molar-refractivity contribution >= 4 is 16.0 Å². The Kier molecular flexibility index (Phi) is 1.76. The summed E-state index contributed by atoms with van der Waals surface area (Å²) in [5.41, 5.74) is 0. The van der Waals surface area contributed by atoms with E-state index in [0.717, 1.165) is 4.31 Å². The number of nitrogens with two attached hydrogens (primary N) is 1.